The van der Waals surface area contributed by atoms with Crippen molar-refractivity contribution in [2.45, 2.75) is 26.8 Å². The summed E-state index contributed by atoms with van der Waals surface area (Å²) in [5.74, 6) is 1.35. The molecule has 0 saturated carbocycles. The summed E-state index contributed by atoms with van der Waals surface area (Å²) in [5, 5.41) is 3.23. The minimum absolute atomic E-state index is 0.0413. The molecule has 1 heterocycles. The van der Waals surface area contributed by atoms with Gasteiger partial charge in [-0.1, -0.05) is 0 Å². The van der Waals surface area contributed by atoms with Gasteiger partial charge in [0.1, 0.15) is 11.8 Å². The van der Waals surface area contributed by atoms with Crippen LogP contribution in [0.25, 0.3) is 0 Å². The Morgan fingerprint density at radius 2 is 2.21 bits per heavy atom. The molecule has 1 aromatic carbocycles. The van der Waals surface area contributed by atoms with Crippen LogP contribution in [0.2, 0.25) is 0 Å². The maximum absolute atomic E-state index is 11.3. The van der Waals surface area contributed by atoms with Crippen LogP contribution in [-0.2, 0) is 0 Å². The Morgan fingerprint density at radius 3 is 2.74 bits per heavy atom. The lowest BCUT2D eigenvalue weighted by Gasteiger charge is -2.13. The molecule has 0 saturated heterocycles. The number of nitrogens with zero attached hydrogens (tertiary/aromatic N) is 1. The maximum atomic E-state index is 11.3. The van der Waals surface area contributed by atoms with Crippen molar-refractivity contribution in [2.24, 2.45) is 0 Å². The van der Waals surface area contributed by atoms with Gasteiger partial charge in [0, 0.05) is 16.9 Å². The standard InChI is InChI=1S/C14H17N3O2/c1-8-7-16-14(19-8)9(2)17-11-4-5-12(10(3)18)13(15)6-11/h4-7,9,17H,15H2,1-3H3. The number of oxazole rings is 1. The van der Waals surface area contributed by atoms with E-state index in [1.807, 2.05) is 19.9 Å². The summed E-state index contributed by atoms with van der Waals surface area (Å²) in [5.41, 5.74) is 7.66. The second-order valence-corrected chi connectivity index (χ2v) is 4.53. The van der Waals surface area contributed by atoms with Crippen LogP contribution in [-0.4, -0.2) is 10.8 Å². The Kier molecular flexibility index (Phi) is 3.55. The number of carbonyl (C=O) groups is 1. The molecule has 0 aliphatic heterocycles. The molecule has 1 atom stereocenters. The van der Waals surface area contributed by atoms with E-state index in [9.17, 15) is 4.79 Å². The van der Waals surface area contributed by atoms with Crippen LogP contribution in [0.1, 0.15) is 41.9 Å². The van der Waals surface area contributed by atoms with Crippen molar-refractivity contribution >= 4 is 17.2 Å². The second kappa shape index (κ2) is 5.14. The number of nitrogen functional groups attached to an aromatic ring is 1. The number of Topliss-reactive ketones (excluding diaryl/α,β-unsaturated/α-hetero) is 1. The van der Waals surface area contributed by atoms with Gasteiger partial charge in [0.25, 0.3) is 0 Å². The topological polar surface area (TPSA) is 81.2 Å². The van der Waals surface area contributed by atoms with E-state index in [4.69, 9.17) is 10.2 Å². The number of aromatic nitrogens is 1. The van der Waals surface area contributed by atoms with Gasteiger partial charge >= 0.3 is 0 Å². The van der Waals surface area contributed by atoms with Crippen molar-refractivity contribution in [1.82, 2.24) is 4.98 Å². The lowest BCUT2D eigenvalue weighted by Crippen LogP contribution is -2.08. The third kappa shape index (κ3) is 2.93. The van der Waals surface area contributed by atoms with E-state index >= 15 is 0 Å². The van der Waals surface area contributed by atoms with Crippen LogP contribution >= 0.6 is 0 Å². The predicted octanol–water partition coefficient (Wildman–Crippen LogP) is 2.94. The van der Waals surface area contributed by atoms with Crippen molar-refractivity contribution in [3.05, 3.63) is 41.6 Å². The second-order valence-electron chi connectivity index (χ2n) is 4.53. The van der Waals surface area contributed by atoms with E-state index in [1.54, 1.807) is 18.3 Å². The Bertz CT molecular complexity index is 604. The summed E-state index contributed by atoms with van der Waals surface area (Å²) in [6.45, 7) is 5.29. The highest BCUT2D eigenvalue weighted by molar-refractivity contribution is 5.99. The maximum Gasteiger partial charge on any atom is 0.216 e. The summed E-state index contributed by atoms with van der Waals surface area (Å²) in [6, 6.07) is 5.20. The molecule has 1 unspecified atom stereocenters. The van der Waals surface area contributed by atoms with Crippen LogP contribution in [0.4, 0.5) is 11.4 Å². The fourth-order valence-electron chi connectivity index (χ4n) is 1.86. The Labute approximate surface area is 111 Å². The third-order valence-corrected chi connectivity index (χ3v) is 2.82. The highest BCUT2D eigenvalue weighted by atomic mass is 16.4. The SMILES string of the molecule is CC(=O)c1ccc(NC(C)c2ncc(C)o2)cc1N. The van der Waals surface area contributed by atoms with E-state index in [0.717, 1.165) is 11.4 Å². The number of aryl methyl sites for hydroxylation is 1. The molecule has 2 aromatic rings. The first-order chi connectivity index (χ1) is 8.97. The smallest absolute Gasteiger partial charge is 0.216 e. The number of carbonyl (C=O) groups excluding carboxylic acids is 1. The summed E-state index contributed by atoms with van der Waals surface area (Å²) < 4.78 is 5.45. The molecule has 0 spiro atoms. The molecular weight excluding hydrogens is 242 g/mol. The molecule has 0 radical (unpaired) electrons. The molecule has 1 aromatic heterocycles. The number of anilines is 2. The summed E-state index contributed by atoms with van der Waals surface area (Å²) in [4.78, 5) is 15.5. The van der Waals surface area contributed by atoms with E-state index in [2.05, 4.69) is 10.3 Å². The molecule has 0 amide bonds. The van der Waals surface area contributed by atoms with E-state index in [0.29, 0.717) is 17.1 Å². The highest BCUT2D eigenvalue weighted by Crippen LogP contribution is 2.23. The highest BCUT2D eigenvalue weighted by Gasteiger charge is 2.12. The van der Waals surface area contributed by atoms with Gasteiger partial charge in [-0.25, -0.2) is 4.98 Å². The van der Waals surface area contributed by atoms with Crippen molar-refractivity contribution in [3.8, 4) is 0 Å². The average Bonchev–Trinajstić information content (AvgIpc) is 2.75. The zero-order chi connectivity index (χ0) is 14.0. The molecule has 0 aliphatic rings. The molecule has 0 fully saturated rings. The van der Waals surface area contributed by atoms with Crippen LogP contribution in [0.3, 0.4) is 0 Å². The minimum Gasteiger partial charge on any atom is -0.444 e. The van der Waals surface area contributed by atoms with Gasteiger partial charge < -0.3 is 15.5 Å². The molecule has 3 N–H and O–H groups in total. The van der Waals surface area contributed by atoms with Gasteiger partial charge in [-0.3, -0.25) is 4.79 Å². The van der Waals surface area contributed by atoms with Gasteiger partial charge in [0.05, 0.1) is 6.20 Å². The number of ketones is 1. The van der Waals surface area contributed by atoms with Crippen LogP contribution < -0.4 is 11.1 Å². The van der Waals surface area contributed by atoms with E-state index in [-0.39, 0.29) is 11.8 Å². The lowest BCUT2D eigenvalue weighted by molar-refractivity contribution is 0.101. The molecule has 5 nitrogen and oxygen atoms in total. The summed E-state index contributed by atoms with van der Waals surface area (Å²) in [6.07, 6.45) is 1.68. The van der Waals surface area contributed by atoms with Gasteiger partial charge in [-0.15, -0.1) is 0 Å². The van der Waals surface area contributed by atoms with E-state index in [1.165, 1.54) is 6.92 Å². The fraction of sp³-hybridized carbons (Fsp3) is 0.286. The van der Waals surface area contributed by atoms with Gasteiger partial charge in [-0.2, -0.15) is 0 Å². The predicted molar refractivity (Wildman–Crippen MR) is 74.1 cm³/mol. The fourth-order valence-corrected chi connectivity index (χ4v) is 1.86. The third-order valence-electron chi connectivity index (χ3n) is 2.82. The first-order valence-corrected chi connectivity index (χ1v) is 6.06. The molecule has 19 heavy (non-hydrogen) atoms. The molecular formula is C14H17N3O2. The number of nitrogens with one attached hydrogen (secondary N) is 1. The average molecular weight is 259 g/mol. The first-order valence-electron chi connectivity index (χ1n) is 6.06. The number of hydrogen-bond donors (Lipinski definition) is 2. The number of benzene rings is 1. The number of nitrogens with two attached hydrogens (primary N) is 1. The monoisotopic (exact) mass is 259 g/mol. The molecule has 2 rings (SSSR count). The molecule has 0 aliphatic carbocycles. The van der Waals surface area contributed by atoms with Gasteiger partial charge in [0.15, 0.2) is 5.78 Å². The van der Waals surface area contributed by atoms with Crippen LogP contribution in [0.15, 0.2) is 28.8 Å². The Hall–Kier alpha value is -2.30. The molecule has 100 valence electrons. The number of hydrogen-bond acceptors (Lipinski definition) is 5. The van der Waals surface area contributed by atoms with Gasteiger partial charge in [-0.05, 0) is 39.0 Å². The van der Waals surface area contributed by atoms with Crippen molar-refractivity contribution in [3.63, 3.8) is 0 Å². The summed E-state index contributed by atoms with van der Waals surface area (Å²) >= 11 is 0. The largest absolute Gasteiger partial charge is 0.444 e. The lowest BCUT2D eigenvalue weighted by atomic mass is 10.1. The zero-order valence-electron chi connectivity index (χ0n) is 11.2. The van der Waals surface area contributed by atoms with Gasteiger partial charge in [0.2, 0.25) is 5.89 Å². The number of rotatable bonds is 4. The summed E-state index contributed by atoms with van der Waals surface area (Å²) in [7, 11) is 0. The van der Waals surface area contributed by atoms with Crippen LogP contribution in [0, 0.1) is 6.92 Å². The van der Waals surface area contributed by atoms with Crippen LogP contribution in [0.5, 0.6) is 0 Å². The zero-order valence-corrected chi connectivity index (χ0v) is 11.2. The van der Waals surface area contributed by atoms with Crippen molar-refractivity contribution in [1.29, 1.82) is 0 Å². The minimum atomic E-state index is -0.0729. The molecule has 5 heteroatoms. The first kappa shape index (κ1) is 13.1. The van der Waals surface area contributed by atoms with Crippen molar-refractivity contribution < 1.29 is 9.21 Å². The van der Waals surface area contributed by atoms with E-state index < -0.39 is 0 Å². The van der Waals surface area contributed by atoms with Crippen molar-refractivity contribution in [2.75, 3.05) is 11.1 Å². The Morgan fingerprint density at radius 1 is 1.47 bits per heavy atom. The Balaban J connectivity index is 2.15. The quantitative estimate of drug-likeness (QED) is 0.651. The normalized spacial score (nSPS) is 12.2. The molecule has 0 bridgehead atoms.